The Balaban J connectivity index is 2.09. The molecule has 1 aromatic carbocycles. The monoisotopic (exact) mass is 304 g/mol. The first-order valence-corrected chi connectivity index (χ1v) is 6.94. The highest BCUT2D eigenvalue weighted by Gasteiger charge is 2.13. The molecule has 0 aliphatic carbocycles. The van der Waals surface area contributed by atoms with E-state index >= 15 is 0 Å². The van der Waals surface area contributed by atoms with Crippen LogP contribution in [-0.4, -0.2) is 20.7 Å². The minimum Gasteiger partial charge on any atom is -0.343 e. The lowest BCUT2D eigenvalue weighted by Crippen LogP contribution is -2.26. The van der Waals surface area contributed by atoms with Gasteiger partial charge in [-0.05, 0) is 31.1 Å². The third-order valence-electron chi connectivity index (χ3n) is 3.14. The average Bonchev–Trinajstić information content (AvgIpc) is 2.85. The summed E-state index contributed by atoms with van der Waals surface area (Å²) in [6.07, 6.45) is 3.14. The van der Waals surface area contributed by atoms with Gasteiger partial charge in [0, 0.05) is 18.1 Å². The maximum absolute atomic E-state index is 12.1. The van der Waals surface area contributed by atoms with Gasteiger partial charge in [-0.3, -0.25) is 4.79 Å². The van der Waals surface area contributed by atoms with Gasteiger partial charge in [0.25, 0.3) is 0 Å². The van der Waals surface area contributed by atoms with Gasteiger partial charge < -0.3 is 9.88 Å². The molecule has 2 rings (SSSR count). The van der Waals surface area contributed by atoms with Crippen LogP contribution in [0.25, 0.3) is 5.57 Å². The van der Waals surface area contributed by atoms with Crippen LogP contribution in [0, 0.1) is 0 Å². The van der Waals surface area contributed by atoms with Gasteiger partial charge in [-0.1, -0.05) is 29.8 Å². The molecule has 0 aliphatic heterocycles. The summed E-state index contributed by atoms with van der Waals surface area (Å²) in [5.74, 6) is 0.509. The van der Waals surface area contributed by atoms with E-state index in [0.717, 1.165) is 11.1 Å². The van der Waals surface area contributed by atoms with Crippen LogP contribution in [0.4, 0.5) is 0 Å². The summed E-state index contributed by atoms with van der Waals surface area (Å²) in [7, 11) is 1.84. The molecule has 6 heteroatoms. The van der Waals surface area contributed by atoms with Crippen LogP contribution in [0.3, 0.4) is 0 Å². The van der Waals surface area contributed by atoms with Crippen molar-refractivity contribution in [2.45, 2.75) is 19.9 Å². The summed E-state index contributed by atoms with van der Waals surface area (Å²) in [4.78, 5) is 12.1. The first-order chi connectivity index (χ1) is 9.99. The molecule has 0 saturated heterocycles. The Kier molecular flexibility index (Phi) is 4.75. The van der Waals surface area contributed by atoms with Crippen molar-refractivity contribution in [1.29, 1.82) is 0 Å². The Morgan fingerprint density at radius 3 is 2.76 bits per heavy atom. The number of hydrogen-bond donors (Lipinski definition) is 1. The Labute approximate surface area is 128 Å². The first kappa shape index (κ1) is 15.3. The van der Waals surface area contributed by atoms with Gasteiger partial charge >= 0.3 is 0 Å². The van der Waals surface area contributed by atoms with Crippen molar-refractivity contribution in [2.24, 2.45) is 7.05 Å². The molecule has 1 amide bonds. The number of benzene rings is 1. The number of halogens is 1. The third-order valence-corrected chi connectivity index (χ3v) is 3.47. The minimum absolute atomic E-state index is 0.192. The fourth-order valence-corrected chi connectivity index (χ4v) is 2.34. The van der Waals surface area contributed by atoms with Crippen molar-refractivity contribution in [1.82, 2.24) is 20.1 Å². The van der Waals surface area contributed by atoms with E-state index in [1.165, 1.54) is 6.08 Å². The molecule has 5 nitrogen and oxygen atoms in total. The van der Waals surface area contributed by atoms with Crippen molar-refractivity contribution in [3.05, 3.63) is 53.1 Å². The van der Waals surface area contributed by atoms with Crippen molar-refractivity contribution >= 4 is 23.1 Å². The van der Waals surface area contributed by atoms with E-state index in [2.05, 4.69) is 15.5 Å². The number of amides is 1. The van der Waals surface area contributed by atoms with Crippen LogP contribution in [0.1, 0.15) is 31.3 Å². The van der Waals surface area contributed by atoms with E-state index in [-0.39, 0.29) is 11.9 Å². The van der Waals surface area contributed by atoms with E-state index in [1.807, 2.05) is 39.1 Å². The van der Waals surface area contributed by atoms with Crippen LogP contribution in [-0.2, 0) is 11.8 Å². The molecule has 0 bridgehead atoms. The van der Waals surface area contributed by atoms with Gasteiger partial charge in [-0.2, -0.15) is 0 Å². The van der Waals surface area contributed by atoms with Crippen LogP contribution in [0.2, 0.25) is 5.02 Å². The number of nitrogens with one attached hydrogen (secondary N) is 1. The zero-order chi connectivity index (χ0) is 15.4. The lowest BCUT2D eigenvalue weighted by Gasteiger charge is -2.12. The van der Waals surface area contributed by atoms with Crippen molar-refractivity contribution < 1.29 is 4.79 Å². The first-order valence-electron chi connectivity index (χ1n) is 6.56. The zero-order valence-electron chi connectivity index (χ0n) is 12.2. The molecule has 0 aliphatic rings. The number of allylic oxidation sites excluding steroid dienone is 1. The molecule has 0 unspecified atom stereocenters. The quantitative estimate of drug-likeness (QED) is 0.884. The average molecular weight is 305 g/mol. The number of rotatable bonds is 4. The van der Waals surface area contributed by atoms with Gasteiger partial charge in [0.05, 0.1) is 6.04 Å². The maximum Gasteiger partial charge on any atom is 0.244 e. The number of hydrogen-bond acceptors (Lipinski definition) is 3. The summed E-state index contributed by atoms with van der Waals surface area (Å²) in [5.41, 5.74) is 1.66. The van der Waals surface area contributed by atoms with Crippen molar-refractivity contribution in [3.8, 4) is 0 Å². The second kappa shape index (κ2) is 6.54. The largest absolute Gasteiger partial charge is 0.343 e. The van der Waals surface area contributed by atoms with Gasteiger partial charge in [0.15, 0.2) is 5.82 Å². The lowest BCUT2D eigenvalue weighted by molar-refractivity contribution is -0.117. The molecule has 1 heterocycles. The molecular formula is C15H17ClN4O. The van der Waals surface area contributed by atoms with E-state index < -0.39 is 0 Å². The number of carbonyl (C=O) groups is 1. The Hall–Kier alpha value is -2.14. The fraction of sp³-hybridized carbons (Fsp3) is 0.267. The number of carbonyl (C=O) groups excluding carboxylic acids is 1. The summed E-state index contributed by atoms with van der Waals surface area (Å²) in [6, 6.07) is 7.20. The van der Waals surface area contributed by atoms with E-state index in [1.54, 1.807) is 17.0 Å². The highest BCUT2D eigenvalue weighted by atomic mass is 35.5. The topological polar surface area (TPSA) is 59.8 Å². The highest BCUT2D eigenvalue weighted by Crippen LogP contribution is 2.22. The predicted molar refractivity (Wildman–Crippen MR) is 82.7 cm³/mol. The molecule has 110 valence electrons. The minimum atomic E-state index is -0.222. The van der Waals surface area contributed by atoms with E-state index in [0.29, 0.717) is 10.8 Å². The van der Waals surface area contributed by atoms with Crippen LogP contribution in [0.15, 0.2) is 36.7 Å². The number of aryl methyl sites for hydroxylation is 1. The Morgan fingerprint density at radius 1 is 1.43 bits per heavy atom. The fourth-order valence-electron chi connectivity index (χ4n) is 2.06. The molecule has 0 fully saturated rings. The summed E-state index contributed by atoms with van der Waals surface area (Å²) in [6.45, 7) is 3.72. The summed E-state index contributed by atoms with van der Waals surface area (Å²) < 4.78 is 1.77. The third kappa shape index (κ3) is 3.70. The molecule has 1 aromatic heterocycles. The molecule has 1 N–H and O–H groups in total. The molecule has 2 aromatic rings. The number of nitrogens with zero attached hydrogens (tertiary/aromatic N) is 3. The summed E-state index contributed by atoms with van der Waals surface area (Å²) in [5, 5.41) is 11.3. The standard InChI is InChI=1S/C15H17ClN4O/c1-10(12-6-4-5-7-13(12)16)8-14(21)18-11(2)15-19-17-9-20(15)3/h4-9,11H,1-3H3,(H,18,21)/b10-8+/t11-/m0/s1. The number of aromatic nitrogens is 3. The van der Waals surface area contributed by atoms with Crippen LogP contribution in [0.5, 0.6) is 0 Å². The molecule has 0 radical (unpaired) electrons. The molecular weight excluding hydrogens is 288 g/mol. The Morgan fingerprint density at radius 2 is 2.14 bits per heavy atom. The SMILES string of the molecule is C/C(=C\C(=O)N[C@@H](C)c1nncn1C)c1ccccc1Cl. The molecule has 21 heavy (non-hydrogen) atoms. The molecule has 0 saturated carbocycles. The molecule has 0 spiro atoms. The smallest absolute Gasteiger partial charge is 0.244 e. The van der Waals surface area contributed by atoms with Gasteiger partial charge in [-0.25, -0.2) is 0 Å². The highest BCUT2D eigenvalue weighted by molar-refractivity contribution is 6.32. The van der Waals surface area contributed by atoms with Crippen LogP contribution >= 0.6 is 11.6 Å². The normalized spacial score (nSPS) is 13.0. The Bertz CT molecular complexity index is 678. The predicted octanol–water partition coefficient (Wildman–Crippen LogP) is 2.75. The second-order valence-electron chi connectivity index (χ2n) is 4.84. The van der Waals surface area contributed by atoms with E-state index in [9.17, 15) is 4.79 Å². The van der Waals surface area contributed by atoms with E-state index in [4.69, 9.17) is 11.6 Å². The van der Waals surface area contributed by atoms with Crippen molar-refractivity contribution in [3.63, 3.8) is 0 Å². The summed E-state index contributed by atoms with van der Waals surface area (Å²) >= 11 is 6.12. The zero-order valence-corrected chi connectivity index (χ0v) is 12.9. The lowest BCUT2D eigenvalue weighted by atomic mass is 10.1. The maximum atomic E-state index is 12.1. The van der Waals surface area contributed by atoms with Gasteiger partial charge in [0.2, 0.25) is 5.91 Å². The van der Waals surface area contributed by atoms with Crippen molar-refractivity contribution in [2.75, 3.05) is 0 Å². The van der Waals surface area contributed by atoms with Gasteiger partial charge in [-0.15, -0.1) is 10.2 Å². The second-order valence-corrected chi connectivity index (χ2v) is 5.24. The molecule has 1 atom stereocenters. The van der Waals surface area contributed by atoms with Gasteiger partial charge in [0.1, 0.15) is 6.33 Å². The van der Waals surface area contributed by atoms with Crippen LogP contribution < -0.4 is 5.32 Å².